The second-order valence-corrected chi connectivity index (χ2v) is 13.9. The van der Waals surface area contributed by atoms with Crippen molar-refractivity contribution in [1.29, 1.82) is 0 Å². The largest absolute Gasteiger partial charge is 0.309 e. The van der Waals surface area contributed by atoms with Crippen LogP contribution in [0.2, 0.25) is 0 Å². The molecule has 0 bridgehead atoms. The lowest BCUT2D eigenvalue weighted by molar-refractivity contribution is 1.12. The third-order valence-electron chi connectivity index (χ3n) is 11.2. The van der Waals surface area contributed by atoms with Crippen LogP contribution in [-0.2, 0) is 0 Å². The Morgan fingerprint density at radius 2 is 0.941 bits per heavy atom. The van der Waals surface area contributed by atoms with E-state index in [0.29, 0.717) is 0 Å². The maximum atomic E-state index is 2.50. The maximum Gasteiger partial charge on any atom is 0.0626 e. The molecule has 1 heterocycles. The standard InChI is InChI=1S/C50H33N/c1-2-14-32(15-3-1)45-31-46-40-21-9-11-23-42(40)50-49(48(46)41-22-10-8-20-39(41)45)43-24-12-13-25-47(43)51(50)35-28-26-33(27-29-35)44-30-34-16-4-5-17-36(34)37-18-6-7-19-38(37)44/h1-3,6-31H,4-5H2. The molecule has 0 fully saturated rings. The van der Waals surface area contributed by atoms with Crippen LogP contribution in [-0.4, -0.2) is 4.57 Å². The summed E-state index contributed by atoms with van der Waals surface area (Å²) in [4.78, 5) is 0. The van der Waals surface area contributed by atoms with Crippen LogP contribution in [0.15, 0.2) is 164 Å². The van der Waals surface area contributed by atoms with Crippen LogP contribution in [0.1, 0.15) is 12.8 Å². The first-order valence-electron chi connectivity index (χ1n) is 18.0. The minimum absolute atomic E-state index is 1.10. The lowest BCUT2D eigenvalue weighted by Crippen LogP contribution is -2.27. The third-order valence-corrected chi connectivity index (χ3v) is 11.2. The Kier molecular flexibility index (Phi) is 6.15. The van der Waals surface area contributed by atoms with Gasteiger partial charge >= 0.3 is 0 Å². The molecule has 11 rings (SSSR count). The monoisotopic (exact) mass is 647 g/mol. The van der Waals surface area contributed by atoms with Crippen molar-refractivity contribution in [3.63, 3.8) is 0 Å². The van der Waals surface area contributed by atoms with Gasteiger partial charge in [0.2, 0.25) is 0 Å². The number of nitrogens with zero attached hydrogens (tertiary/aromatic N) is 1. The van der Waals surface area contributed by atoms with Gasteiger partial charge in [-0.1, -0.05) is 146 Å². The molecule has 0 unspecified atom stereocenters. The van der Waals surface area contributed by atoms with E-state index in [9.17, 15) is 0 Å². The number of para-hydroxylation sites is 1. The van der Waals surface area contributed by atoms with Crippen LogP contribution in [0, 0.1) is 0 Å². The number of rotatable bonds is 3. The van der Waals surface area contributed by atoms with Gasteiger partial charge in [0.25, 0.3) is 0 Å². The average Bonchev–Trinajstić information content (AvgIpc) is 3.56. The molecule has 1 heteroatoms. The Morgan fingerprint density at radius 1 is 0.373 bits per heavy atom. The maximum absolute atomic E-state index is 2.50. The summed E-state index contributed by atoms with van der Waals surface area (Å²) in [7, 11) is 0. The molecule has 0 N–H and O–H groups in total. The van der Waals surface area contributed by atoms with E-state index in [1.165, 1.54) is 103 Å². The van der Waals surface area contributed by atoms with Gasteiger partial charge in [0, 0.05) is 27.2 Å². The van der Waals surface area contributed by atoms with Crippen LogP contribution in [0.25, 0.3) is 105 Å². The van der Waals surface area contributed by atoms with Crippen LogP contribution < -0.4 is 10.4 Å². The Balaban J connectivity index is 1.23. The van der Waals surface area contributed by atoms with Gasteiger partial charge in [0.05, 0.1) is 11.0 Å². The van der Waals surface area contributed by atoms with Crippen LogP contribution in [0.4, 0.5) is 0 Å². The molecule has 10 aromatic rings. The summed E-state index contributed by atoms with van der Waals surface area (Å²) in [5, 5.41) is 15.7. The van der Waals surface area contributed by atoms with Crippen molar-refractivity contribution in [1.82, 2.24) is 4.57 Å². The lowest BCUT2D eigenvalue weighted by atomic mass is 9.88. The second-order valence-electron chi connectivity index (χ2n) is 13.9. The van der Waals surface area contributed by atoms with Crippen molar-refractivity contribution in [3.05, 3.63) is 174 Å². The molecule has 1 nitrogen and oxygen atoms in total. The Bertz CT molecular complexity index is 3160. The second kappa shape index (κ2) is 11.0. The minimum atomic E-state index is 1.10. The first-order valence-corrected chi connectivity index (χ1v) is 18.0. The van der Waals surface area contributed by atoms with E-state index >= 15 is 0 Å². The first kappa shape index (κ1) is 28.4. The zero-order valence-corrected chi connectivity index (χ0v) is 28.1. The van der Waals surface area contributed by atoms with Crippen molar-refractivity contribution in [2.45, 2.75) is 12.8 Å². The highest BCUT2D eigenvalue weighted by molar-refractivity contribution is 6.38. The zero-order valence-electron chi connectivity index (χ0n) is 28.1. The van der Waals surface area contributed by atoms with Gasteiger partial charge in [-0.25, -0.2) is 0 Å². The SMILES string of the molecule is C1=c2cc(-c3ccc(-n4c5ccccc5c5c6c7ccccc7c(-c7ccccc7)cc6c6ccccc6c54)cc3)c3ccccc3c2=CCC1. The molecular weight excluding hydrogens is 615 g/mol. The van der Waals surface area contributed by atoms with E-state index in [1.807, 2.05) is 0 Å². The van der Waals surface area contributed by atoms with Gasteiger partial charge in [-0.05, 0) is 108 Å². The third kappa shape index (κ3) is 4.16. The van der Waals surface area contributed by atoms with Gasteiger partial charge in [-0.2, -0.15) is 0 Å². The Morgan fingerprint density at radius 3 is 1.73 bits per heavy atom. The highest BCUT2D eigenvalue weighted by Crippen LogP contribution is 2.47. The lowest BCUT2D eigenvalue weighted by Gasteiger charge is -2.16. The molecule has 0 saturated heterocycles. The van der Waals surface area contributed by atoms with Gasteiger partial charge in [0.15, 0.2) is 0 Å². The van der Waals surface area contributed by atoms with E-state index < -0.39 is 0 Å². The number of hydrogen-bond acceptors (Lipinski definition) is 0. The van der Waals surface area contributed by atoms with E-state index in [0.717, 1.165) is 12.8 Å². The average molecular weight is 648 g/mol. The number of aromatic nitrogens is 1. The van der Waals surface area contributed by atoms with Crippen molar-refractivity contribution in [2.75, 3.05) is 0 Å². The fourth-order valence-electron chi connectivity index (χ4n) is 8.97. The molecule has 0 aliphatic heterocycles. The number of benzene rings is 9. The fraction of sp³-hybridized carbons (Fsp3) is 0.0400. The summed E-state index contributed by atoms with van der Waals surface area (Å²) >= 11 is 0. The topological polar surface area (TPSA) is 4.93 Å². The zero-order chi connectivity index (χ0) is 33.5. The van der Waals surface area contributed by atoms with Crippen molar-refractivity contribution in [3.8, 4) is 27.9 Å². The Labute approximate surface area is 295 Å². The van der Waals surface area contributed by atoms with Crippen LogP contribution in [0.3, 0.4) is 0 Å². The van der Waals surface area contributed by atoms with Gasteiger partial charge < -0.3 is 4.57 Å². The summed E-state index contributed by atoms with van der Waals surface area (Å²) in [6, 6.07) is 60.8. The highest BCUT2D eigenvalue weighted by Gasteiger charge is 2.21. The smallest absolute Gasteiger partial charge is 0.0626 e. The molecule has 0 saturated carbocycles. The van der Waals surface area contributed by atoms with Gasteiger partial charge in [-0.15, -0.1) is 0 Å². The van der Waals surface area contributed by atoms with Crippen LogP contribution in [0.5, 0.6) is 0 Å². The van der Waals surface area contributed by atoms with Crippen LogP contribution >= 0.6 is 0 Å². The molecule has 0 spiro atoms. The molecule has 0 atom stereocenters. The predicted octanol–water partition coefficient (Wildman–Crippen LogP) is 12.1. The molecular formula is C50H33N. The summed E-state index contributed by atoms with van der Waals surface area (Å²) in [5.41, 5.74) is 8.70. The molecule has 1 aliphatic carbocycles. The number of fused-ring (bicyclic) bond motifs is 13. The first-order chi connectivity index (χ1) is 25.3. The molecule has 0 radical (unpaired) electrons. The van der Waals surface area contributed by atoms with E-state index in [1.54, 1.807) is 0 Å². The summed E-state index contributed by atoms with van der Waals surface area (Å²) in [6.45, 7) is 0. The molecule has 51 heavy (non-hydrogen) atoms. The molecule has 1 aromatic heterocycles. The fourth-order valence-corrected chi connectivity index (χ4v) is 8.97. The minimum Gasteiger partial charge on any atom is -0.309 e. The van der Waals surface area contributed by atoms with Gasteiger partial charge in [0.1, 0.15) is 0 Å². The summed E-state index contributed by atoms with van der Waals surface area (Å²) in [5.74, 6) is 0. The molecule has 238 valence electrons. The van der Waals surface area contributed by atoms with E-state index in [4.69, 9.17) is 0 Å². The van der Waals surface area contributed by atoms with E-state index in [-0.39, 0.29) is 0 Å². The van der Waals surface area contributed by atoms with Crippen molar-refractivity contribution >= 4 is 77.0 Å². The van der Waals surface area contributed by atoms with E-state index in [2.05, 4.69) is 181 Å². The normalized spacial score (nSPS) is 12.9. The molecule has 9 aromatic carbocycles. The highest BCUT2D eigenvalue weighted by atomic mass is 15.0. The number of hydrogen-bond donors (Lipinski definition) is 0. The molecule has 1 aliphatic rings. The van der Waals surface area contributed by atoms with Gasteiger partial charge in [-0.3, -0.25) is 0 Å². The summed E-state index contributed by atoms with van der Waals surface area (Å²) < 4.78 is 2.50. The van der Waals surface area contributed by atoms with Crippen molar-refractivity contribution in [2.24, 2.45) is 0 Å². The Hall–Kier alpha value is -6.44. The van der Waals surface area contributed by atoms with Crippen molar-refractivity contribution < 1.29 is 0 Å². The quantitative estimate of drug-likeness (QED) is 0.168. The predicted molar refractivity (Wildman–Crippen MR) is 219 cm³/mol. The molecule has 0 amide bonds. The summed E-state index contributed by atoms with van der Waals surface area (Å²) in [6.07, 6.45) is 7.02.